The summed E-state index contributed by atoms with van der Waals surface area (Å²) in [6.07, 6.45) is 3.35. The van der Waals surface area contributed by atoms with Crippen molar-refractivity contribution in [1.29, 1.82) is 0 Å². The van der Waals surface area contributed by atoms with Gasteiger partial charge in [-0.1, -0.05) is 12.1 Å². The molecule has 0 aliphatic heterocycles. The van der Waals surface area contributed by atoms with E-state index in [0.29, 0.717) is 5.95 Å². The molecule has 3 nitrogen and oxygen atoms in total. The molecule has 1 heterocycles. The smallest absolute Gasteiger partial charge is 0.223 e. The highest BCUT2D eigenvalue weighted by molar-refractivity contribution is 9.10. The summed E-state index contributed by atoms with van der Waals surface area (Å²) in [5, 5.41) is 3.22. The molecule has 2 rings (SSSR count). The van der Waals surface area contributed by atoms with Crippen LogP contribution in [-0.2, 0) is 5.54 Å². The number of hydrogen-bond acceptors (Lipinski definition) is 3. The fourth-order valence-corrected chi connectivity index (χ4v) is 1.80. The van der Waals surface area contributed by atoms with E-state index < -0.39 is 0 Å². The quantitative estimate of drug-likeness (QED) is 0.939. The molecule has 5 heteroatoms. The maximum atomic E-state index is 12.9. The largest absolute Gasteiger partial charge is 0.345 e. The molecular formula is C13H13BrFN3. The number of hydrogen-bond donors (Lipinski definition) is 1. The van der Waals surface area contributed by atoms with Gasteiger partial charge in [0.2, 0.25) is 5.95 Å². The summed E-state index contributed by atoms with van der Waals surface area (Å²) in [7, 11) is 0. The molecular weight excluding hydrogens is 297 g/mol. The van der Waals surface area contributed by atoms with Crippen molar-refractivity contribution in [1.82, 2.24) is 9.97 Å². The molecule has 1 aromatic carbocycles. The lowest BCUT2D eigenvalue weighted by atomic mass is 9.94. The van der Waals surface area contributed by atoms with Crippen molar-refractivity contribution in [2.75, 3.05) is 5.32 Å². The molecule has 0 aliphatic carbocycles. The topological polar surface area (TPSA) is 37.8 Å². The van der Waals surface area contributed by atoms with E-state index in [1.54, 1.807) is 24.5 Å². The van der Waals surface area contributed by atoms with Gasteiger partial charge in [0.25, 0.3) is 0 Å². The van der Waals surface area contributed by atoms with Crippen molar-refractivity contribution >= 4 is 21.9 Å². The van der Waals surface area contributed by atoms with Crippen LogP contribution in [0.1, 0.15) is 19.4 Å². The van der Waals surface area contributed by atoms with Gasteiger partial charge in [-0.3, -0.25) is 0 Å². The summed E-state index contributed by atoms with van der Waals surface area (Å²) >= 11 is 3.28. The average Bonchev–Trinajstić information content (AvgIpc) is 2.32. The molecule has 0 atom stereocenters. The maximum Gasteiger partial charge on any atom is 0.223 e. The van der Waals surface area contributed by atoms with E-state index in [1.807, 2.05) is 13.8 Å². The van der Waals surface area contributed by atoms with Crippen molar-refractivity contribution in [3.63, 3.8) is 0 Å². The zero-order valence-corrected chi connectivity index (χ0v) is 11.7. The van der Waals surface area contributed by atoms with Gasteiger partial charge in [0.05, 0.1) is 10.0 Å². The Labute approximate surface area is 114 Å². The highest BCUT2D eigenvalue weighted by atomic mass is 79.9. The Kier molecular flexibility index (Phi) is 3.61. The highest BCUT2D eigenvalue weighted by Gasteiger charge is 2.21. The summed E-state index contributed by atoms with van der Waals surface area (Å²) in [4.78, 5) is 8.33. The second-order valence-corrected chi connectivity index (χ2v) is 5.40. The van der Waals surface area contributed by atoms with Crippen LogP contribution in [0, 0.1) is 5.82 Å². The first-order valence-electron chi connectivity index (χ1n) is 5.49. The highest BCUT2D eigenvalue weighted by Crippen LogP contribution is 2.24. The van der Waals surface area contributed by atoms with E-state index in [1.165, 1.54) is 12.1 Å². The van der Waals surface area contributed by atoms with Crippen LogP contribution < -0.4 is 5.32 Å². The fourth-order valence-electron chi connectivity index (χ4n) is 1.60. The van der Waals surface area contributed by atoms with Gasteiger partial charge in [-0.15, -0.1) is 0 Å². The lowest BCUT2D eigenvalue weighted by molar-refractivity contribution is 0.592. The lowest BCUT2D eigenvalue weighted by Crippen LogP contribution is -2.28. The number of nitrogens with zero attached hydrogens (tertiary/aromatic N) is 2. The van der Waals surface area contributed by atoms with Crippen molar-refractivity contribution < 1.29 is 4.39 Å². The third-order valence-electron chi connectivity index (χ3n) is 2.61. The van der Waals surface area contributed by atoms with Gasteiger partial charge in [0, 0.05) is 12.4 Å². The van der Waals surface area contributed by atoms with Crippen LogP contribution in [0.5, 0.6) is 0 Å². The van der Waals surface area contributed by atoms with Gasteiger partial charge < -0.3 is 5.32 Å². The molecule has 94 valence electrons. The van der Waals surface area contributed by atoms with Crippen LogP contribution in [0.15, 0.2) is 41.1 Å². The number of rotatable bonds is 3. The van der Waals surface area contributed by atoms with Crippen molar-refractivity contribution in [3.05, 3.63) is 52.5 Å². The van der Waals surface area contributed by atoms with Crippen molar-refractivity contribution in [3.8, 4) is 0 Å². The molecule has 0 fully saturated rings. The van der Waals surface area contributed by atoms with Gasteiger partial charge in [0.15, 0.2) is 0 Å². The van der Waals surface area contributed by atoms with Crippen LogP contribution in [0.4, 0.5) is 10.3 Å². The Morgan fingerprint density at radius 2 is 1.67 bits per heavy atom. The van der Waals surface area contributed by atoms with E-state index in [9.17, 15) is 4.39 Å². The number of benzene rings is 1. The first-order chi connectivity index (χ1) is 8.47. The summed E-state index contributed by atoms with van der Waals surface area (Å²) in [5.41, 5.74) is 0.594. The Morgan fingerprint density at radius 3 is 2.22 bits per heavy atom. The van der Waals surface area contributed by atoms with E-state index in [-0.39, 0.29) is 11.4 Å². The molecule has 0 radical (unpaired) electrons. The molecule has 1 aromatic heterocycles. The predicted molar refractivity (Wildman–Crippen MR) is 72.8 cm³/mol. The molecule has 0 amide bonds. The third kappa shape index (κ3) is 3.04. The second-order valence-electron chi connectivity index (χ2n) is 4.48. The zero-order chi connectivity index (χ0) is 13.2. The van der Waals surface area contributed by atoms with Gasteiger partial charge in [-0.05, 0) is 47.5 Å². The van der Waals surface area contributed by atoms with Crippen LogP contribution in [0.3, 0.4) is 0 Å². The van der Waals surface area contributed by atoms with Gasteiger partial charge in [-0.2, -0.15) is 0 Å². The first-order valence-corrected chi connectivity index (χ1v) is 6.28. The summed E-state index contributed by atoms with van der Waals surface area (Å²) in [6.45, 7) is 3.98. The minimum Gasteiger partial charge on any atom is -0.345 e. The number of nitrogens with one attached hydrogen (secondary N) is 1. The number of anilines is 1. The van der Waals surface area contributed by atoms with Gasteiger partial charge >= 0.3 is 0 Å². The predicted octanol–water partition coefficient (Wildman–Crippen LogP) is 3.73. The fraction of sp³-hybridized carbons (Fsp3) is 0.231. The molecule has 2 aromatic rings. The van der Waals surface area contributed by atoms with E-state index >= 15 is 0 Å². The van der Waals surface area contributed by atoms with Crippen molar-refractivity contribution in [2.45, 2.75) is 19.4 Å². The van der Waals surface area contributed by atoms with E-state index in [0.717, 1.165) is 10.0 Å². The lowest BCUT2D eigenvalue weighted by Gasteiger charge is -2.26. The van der Waals surface area contributed by atoms with Crippen molar-refractivity contribution in [2.24, 2.45) is 0 Å². The van der Waals surface area contributed by atoms with Crippen LogP contribution in [0.2, 0.25) is 0 Å². The van der Waals surface area contributed by atoms with E-state index in [2.05, 4.69) is 31.2 Å². The standard InChI is InChI=1S/C13H13BrFN3/c1-13(2,9-3-5-11(15)6-4-9)18-12-16-7-10(14)8-17-12/h3-8H,1-2H3,(H,16,17,18). The Hall–Kier alpha value is -1.49. The normalized spacial score (nSPS) is 11.3. The molecule has 0 aliphatic rings. The Bertz CT molecular complexity index is 523. The third-order valence-corrected chi connectivity index (χ3v) is 3.02. The second kappa shape index (κ2) is 5.02. The van der Waals surface area contributed by atoms with Crippen LogP contribution in [-0.4, -0.2) is 9.97 Å². The summed E-state index contributed by atoms with van der Waals surface area (Å²) in [6, 6.07) is 6.39. The van der Waals surface area contributed by atoms with Crippen LogP contribution in [0.25, 0.3) is 0 Å². The SMILES string of the molecule is CC(C)(Nc1ncc(Br)cn1)c1ccc(F)cc1. The molecule has 1 N–H and O–H groups in total. The van der Waals surface area contributed by atoms with Crippen LogP contribution >= 0.6 is 15.9 Å². The molecule has 0 saturated heterocycles. The minimum absolute atomic E-state index is 0.241. The summed E-state index contributed by atoms with van der Waals surface area (Å²) < 4.78 is 13.7. The molecule has 0 bridgehead atoms. The van der Waals surface area contributed by atoms with E-state index in [4.69, 9.17) is 0 Å². The minimum atomic E-state index is -0.373. The summed E-state index contributed by atoms with van der Waals surface area (Å²) in [5.74, 6) is 0.293. The zero-order valence-electron chi connectivity index (χ0n) is 10.1. The first kappa shape index (κ1) is 13.0. The Morgan fingerprint density at radius 1 is 1.11 bits per heavy atom. The molecule has 0 unspecified atom stereocenters. The number of aromatic nitrogens is 2. The Balaban J connectivity index is 2.20. The average molecular weight is 310 g/mol. The molecule has 0 spiro atoms. The molecule has 0 saturated carbocycles. The monoisotopic (exact) mass is 309 g/mol. The van der Waals surface area contributed by atoms with Gasteiger partial charge in [-0.25, -0.2) is 14.4 Å². The number of halogens is 2. The van der Waals surface area contributed by atoms with Gasteiger partial charge in [0.1, 0.15) is 5.82 Å². The maximum absolute atomic E-state index is 12.9. The molecule has 18 heavy (non-hydrogen) atoms.